The van der Waals surface area contributed by atoms with Gasteiger partial charge in [0.25, 0.3) is 0 Å². The first-order valence-electron chi connectivity index (χ1n) is 6.30. The molecule has 4 nitrogen and oxygen atoms in total. The molecule has 1 aromatic heterocycles. The molecule has 0 saturated heterocycles. The van der Waals surface area contributed by atoms with Gasteiger partial charge < -0.3 is 0 Å². The average molecular weight is 279 g/mol. The number of hydrogen-bond acceptors (Lipinski definition) is 3. The molecule has 2 rings (SSSR count). The minimum absolute atomic E-state index is 0.134. The summed E-state index contributed by atoms with van der Waals surface area (Å²) in [6.45, 7) is 1.91. The van der Waals surface area contributed by atoms with Crippen molar-refractivity contribution >= 4 is 11.6 Å². The van der Waals surface area contributed by atoms with Gasteiger partial charge in [-0.25, -0.2) is 0 Å². The van der Waals surface area contributed by atoms with Crippen molar-refractivity contribution < 1.29 is 0 Å². The Hall–Kier alpha value is -1.36. The van der Waals surface area contributed by atoms with Gasteiger partial charge in [-0.05, 0) is 18.9 Å². The number of aryl methyl sites for hydroxylation is 2. The Bertz CT molecular complexity index is 536. The van der Waals surface area contributed by atoms with Gasteiger partial charge in [0.2, 0.25) is 0 Å². The van der Waals surface area contributed by atoms with Crippen LogP contribution in [0.5, 0.6) is 0 Å². The van der Waals surface area contributed by atoms with Gasteiger partial charge in [0.05, 0.1) is 16.4 Å². The quantitative estimate of drug-likeness (QED) is 0.650. The largest absolute Gasteiger partial charge is 0.271 e. The van der Waals surface area contributed by atoms with Crippen LogP contribution in [-0.4, -0.2) is 15.8 Å². The first-order chi connectivity index (χ1) is 9.11. The van der Waals surface area contributed by atoms with Gasteiger partial charge >= 0.3 is 0 Å². The molecule has 0 saturated carbocycles. The Labute approximate surface area is 118 Å². The predicted octanol–water partition coefficient (Wildman–Crippen LogP) is 2.00. The molecule has 102 valence electrons. The highest BCUT2D eigenvalue weighted by molar-refractivity contribution is 6.31. The van der Waals surface area contributed by atoms with Crippen LogP contribution < -0.4 is 11.3 Å². The summed E-state index contributed by atoms with van der Waals surface area (Å²) in [4.78, 5) is 0. The normalized spacial score (nSPS) is 12.6. The van der Waals surface area contributed by atoms with Crippen LogP contribution in [0, 0.1) is 6.92 Å². The third-order valence-electron chi connectivity index (χ3n) is 3.26. The van der Waals surface area contributed by atoms with E-state index in [4.69, 9.17) is 17.4 Å². The molecule has 19 heavy (non-hydrogen) atoms. The van der Waals surface area contributed by atoms with E-state index in [-0.39, 0.29) is 6.04 Å². The minimum Gasteiger partial charge on any atom is -0.271 e. The zero-order valence-electron chi connectivity index (χ0n) is 11.2. The Morgan fingerprint density at radius 1 is 1.32 bits per heavy atom. The zero-order valence-corrected chi connectivity index (χ0v) is 12.0. The SMILES string of the molecule is Cc1nn(C)c(CC(Cc2ccccc2)NN)c1Cl. The lowest BCUT2D eigenvalue weighted by Crippen LogP contribution is -2.39. The van der Waals surface area contributed by atoms with Crippen molar-refractivity contribution in [1.29, 1.82) is 0 Å². The van der Waals surface area contributed by atoms with E-state index in [1.807, 2.05) is 36.9 Å². The molecule has 0 aliphatic heterocycles. The van der Waals surface area contributed by atoms with Crippen LogP contribution >= 0.6 is 11.6 Å². The number of hydrogen-bond donors (Lipinski definition) is 2. The van der Waals surface area contributed by atoms with Crippen LogP contribution in [-0.2, 0) is 19.9 Å². The fourth-order valence-electron chi connectivity index (χ4n) is 2.22. The van der Waals surface area contributed by atoms with Crippen LogP contribution in [0.15, 0.2) is 30.3 Å². The molecule has 0 aliphatic carbocycles. The van der Waals surface area contributed by atoms with Crippen molar-refractivity contribution in [2.75, 3.05) is 0 Å². The van der Waals surface area contributed by atoms with Crippen LogP contribution in [0.4, 0.5) is 0 Å². The molecule has 0 fully saturated rings. The van der Waals surface area contributed by atoms with Gasteiger partial charge in [-0.1, -0.05) is 41.9 Å². The minimum atomic E-state index is 0.134. The topological polar surface area (TPSA) is 55.9 Å². The van der Waals surface area contributed by atoms with Crippen molar-refractivity contribution in [1.82, 2.24) is 15.2 Å². The molecule has 3 N–H and O–H groups in total. The molecule has 1 unspecified atom stereocenters. The van der Waals surface area contributed by atoms with E-state index in [9.17, 15) is 0 Å². The summed E-state index contributed by atoms with van der Waals surface area (Å²) in [5.74, 6) is 5.65. The highest BCUT2D eigenvalue weighted by Gasteiger charge is 2.16. The molecular weight excluding hydrogens is 260 g/mol. The standard InChI is InChI=1S/C14H19ClN4/c1-10-14(15)13(19(2)18-10)9-12(17-16)8-11-6-4-3-5-7-11/h3-7,12,17H,8-9,16H2,1-2H3. The molecule has 2 aromatic rings. The van der Waals surface area contributed by atoms with Crippen LogP contribution in [0.3, 0.4) is 0 Å². The smallest absolute Gasteiger partial charge is 0.0847 e. The average Bonchev–Trinajstić information content (AvgIpc) is 2.65. The van der Waals surface area contributed by atoms with E-state index in [0.29, 0.717) is 0 Å². The third-order valence-corrected chi connectivity index (χ3v) is 3.75. The number of rotatable bonds is 5. The van der Waals surface area contributed by atoms with Gasteiger partial charge in [-0.2, -0.15) is 5.10 Å². The van der Waals surface area contributed by atoms with Crippen LogP contribution in [0.2, 0.25) is 5.02 Å². The Morgan fingerprint density at radius 3 is 2.53 bits per heavy atom. The van der Waals surface area contributed by atoms with Gasteiger partial charge in [-0.3, -0.25) is 16.0 Å². The van der Waals surface area contributed by atoms with E-state index in [1.54, 1.807) is 0 Å². The predicted molar refractivity (Wildman–Crippen MR) is 77.9 cm³/mol. The number of nitrogens with one attached hydrogen (secondary N) is 1. The summed E-state index contributed by atoms with van der Waals surface area (Å²) in [5, 5.41) is 5.05. The monoisotopic (exact) mass is 278 g/mol. The fourth-order valence-corrected chi connectivity index (χ4v) is 2.46. The van der Waals surface area contributed by atoms with Gasteiger partial charge in [0.15, 0.2) is 0 Å². The van der Waals surface area contributed by atoms with E-state index in [0.717, 1.165) is 29.3 Å². The lowest BCUT2D eigenvalue weighted by atomic mass is 10.0. The summed E-state index contributed by atoms with van der Waals surface area (Å²) in [6, 6.07) is 10.4. The molecule has 0 aliphatic rings. The summed E-state index contributed by atoms with van der Waals surface area (Å²) >= 11 is 6.27. The fraction of sp³-hybridized carbons (Fsp3) is 0.357. The van der Waals surface area contributed by atoms with Crippen LogP contribution in [0.1, 0.15) is 17.0 Å². The molecule has 0 radical (unpaired) electrons. The van der Waals surface area contributed by atoms with Gasteiger partial charge in [-0.15, -0.1) is 0 Å². The molecular formula is C14H19ClN4. The number of halogens is 1. The number of nitrogens with two attached hydrogens (primary N) is 1. The van der Waals surface area contributed by atoms with Crippen LogP contribution in [0.25, 0.3) is 0 Å². The van der Waals surface area contributed by atoms with E-state index in [1.165, 1.54) is 5.56 Å². The number of nitrogens with zero attached hydrogens (tertiary/aromatic N) is 2. The van der Waals surface area contributed by atoms with E-state index < -0.39 is 0 Å². The number of aromatic nitrogens is 2. The highest BCUT2D eigenvalue weighted by Crippen LogP contribution is 2.21. The number of benzene rings is 1. The molecule has 0 spiro atoms. The zero-order chi connectivity index (χ0) is 13.8. The Balaban J connectivity index is 2.11. The van der Waals surface area contributed by atoms with Gasteiger partial charge in [0, 0.05) is 19.5 Å². The van der Waals surface area contributed by atoms with Crippen molar-refractivity contribution in [3.63, 3.8) is 0 Å². The Kier molecular flexibility index (Phi) is 4.58. The highest BCUT2D eigenvalue weighted by atomic mass is 35.5. The second-order valence-corrected chi connectivity index (χ2v) is 5.11. The maximum Gasteiger partial charge on any atom is 0.0847 e. The second-order valence-electron chi connectivity index (χ2n) is 4.73. The van der Waals surface area contributed by atoms with E-state index >= 15 is 0 Å². The second kappa shape index (κ2) is 6.19. The molecule has 1 aromatic carbocycles. The summed E-state index contributed by atoms with van der Waals surface area (Å²) in [5.41, 5.74) is 5.98. The lowest BCUT2D eigenvalue weighted by molar-refractivity contribution is 0.505. The van der Waals surface area contributed by atoms with Crippen molar-refractivity contribution in [3.05, 3.63) is 52.3 Å². The maximum absolute atomic E-state index is 6.27. The maximum atomic E-state index is 6.27. The van der Waals surface area contributed by atoms with Crippen molar-refractivity contribution in [2.24, 2.45) is 12.9 Å². The Morgan fingerprint density at radius 2 is 2.00 bits per heavy atom. The molecule has 0 amide bonds. The first kappa shape index (κ1) is 14.1. The molecule has 0 bridgehead atoms. The summed E-state index contributed by atoms with van der Waals surface area (Å²) in [7, 11) is 1.91. The van der Waals surface area contributed by atoms with Crippen molar-refractivity contribution in [3.8, 4) is 0 Å². The number of hydrazine groups is 1. The molecule has 1 atom stereocenters. The summed E-state index contributed by atoms with van der Waals surface area (Å²) in [6.07, 6.45) is 1.61. The molecule has 1 heterocycles. The summed E-state index contributed by atoms with van der Waals surface area (Å²) < 4.78 is 1.83. The first-order valence-corrected chi connectivity index (χ1v) is 6.67. The van der Waals surface area contributed by atoms with E-state index in [2.05, 4.69) is 22.7 Å². The van der Waals surface area contributed by atoms with Crippen molar-refractivity contribution in [2.45, 2.75) is 25.8 Å². The van der Waals surface area contributed by atoms with Gasteiger partial charge in [0.1, 0.15) is 0 Å². The molecule has 5 heteroatoms. The third kappa shape index (κ3) is 3.35. The lowest BCUT2D eigenvalue weighted by Gasteiger charge is -2.16.